The monoisotopic (exact) mass is 325 g/mol. The minimum absolute atomic E-state index is 0.143. The average molecular weight is 325 g/mol. The lowest BCUT2D eigenvalue weighted by Crippen LogP contribution is -2.34. The highest BCUT2D eigenvalue weighted by atomic mass is 32.1. The lowest BCUT2D eigenvalue weighted by molar-refractivity contribution is 0.188. The maximum absolute atomic E-state index is 10.0. The van der Waals surface area contributed by atoms with E-state index in [0.29, 0.717) is 0 Å². The number of pyridine rings is 1. The highest BCUT2D eigenvalue weighted by Gasteiger charge is 2.39. The number of rotatable bonds is 4. The van der Waals surface area contributed by atoms with Crippen molar-refractivity contribution < 1.29 is 5.11 Å². The molecule has 1 aliphatic rings. The second-order valence-electron chi connectivity index (χ2n) is 6.20. The maximum Gasteiger partial charge on any atom is 0.143 e. The second-order valence-corrected chi connectivity index (χ2v) is 7.26. The molecular formula is C18H19N3OS. The SMILES string of the molecule is OCC1(c2ccccc2)CCN(Cc2nc3cccnc3s2)C1. The first-order chi connectivity index (χ1) is 11.3. The Labute approximate surface area is 139 Å². The predicted octanol–water partition coefficient (Wildman–Crippen LogP) is 2.83. The fraction of sp³-hybridized carbons (Fsp3) is 0.333. The highest BCUT2D eigenvalue weighted by molar-refractivity contribution is 7.18. The van der Waals surface area contributed by atoms with Crippen LogP contribution in [0, 0.1) is 0 Å². The zero-order chi connectivity index (χ0) is 15.7. The Morgan fingerprint density at radius 3 is 2.83 bits per heavy atom. The van der Waals surface area contributed by atoms with Crippen LogP contribution >= 0.6 is 11.3 Å². The molecule has 1 aromatic carbocycles. The van der Waals surface area contributed by atoms with E-state index in [4.69, 9.17) is 0 Å². The first kappa shape index (κ1) is 14.8. The minimum Gasteiger partial charge on any atom is -0.395 e. The third kappa shape index (κ3) is 2.76. The number of fused-ring (bicyclic) bond motifs is 1. The van der Waals surface area contributed by atoms with Gasteiger partial charge in [-0.15, -0.1) is 0 Å². The van der Waals surface area contributed by atoms with Crippen molar-refractivity contribution >= 4 is 21.7 Å². The van der Waals surface area contributed by atoms with Gasteiger partial charge in [0.2, 0.25) is 0 Å². The summed E-state index contributed by atoms with van der Waals surface area (Å²) in [6.07, 6.45) is 2.79. The molecule has 2 aromatic heterocycles. The molecule has 5 heteroatoms. The summed E-state index contributed by atoms with van der Waals surface area (Å²) in [6.45, 7) is 2.88. The fourth-order valence-corrected chi connectivity index (χ4v) is 4.36. The zero-order valence-corrected chi connectivity index (χ0v) is 13.7. The van der Waals surface area contributed by atoms with Crippen molar-refractivity contribution in [3.8, 4) is 0 Å². The molecule has 0 amide bonds. The van der Waals surface area contributed by atoms with Crippen LogP contribution in [0.3, 0.4) is 0 Å². The summed E-state index contributed by atoms with van der Waals surface area (Å²) in [5.74, 6) is 0. The Balaban J connectivity index is 1.53. The van der Waals surface area contributed by atoms with Gasteiger partial charge in [0.1, 0.15) is 15.4 Å². The number of hydrogen-bond donors (Lipinski definition) is 1. The molecule has 1 unspecified atom stereocenters. The number of likely N-dealkylation sites (tertiary alicyclic amines) is 1. The largest absolute Gasteiger partial charge is 0.395 e. The van der Waals surface area contributed by atoms with E-state index in [1.54, 1.807) is 11.3 Å². The number of aliphatic hydroxyl groups is 1. The smallest absolute Gasteiger partial charge is 0.143 e. The summed E-state index contributed by atoms with van der Waals surface area (Å²) in [6, 6.07) is 14.3. The summed E-state index contributed by atoms with van der Waals surface area (Å²) >= 11 is 1.66. The van der Waals surface area contributed by atoms with E-state index >= 15 is 0 Å². The Hall–Kier alpha value is -1.82. The van der Waals surface area contributed by atoms with Gasteiger partial charge in [-0.25, -0.2) is 9.97 Å². The van der Waals surface area contributed by atoms with Gasteiger partial charge in [-0.2, -0.15) is 0 Å². The fourth-order valence-electron chi connectivity index (χ4n) is 3.41. The van der Waals surface area contributed by atoms with Crippen LogP contribution in [-0.2, 0) is 12.0 Å². The molecule has 118 valence electrons. The predicted molar refractivity (Wildman–Crippen MR) is 92.5 cm³/mol. The van der Waals surface area contributed by atoms with Crippen molar-refractivity contribution in [1.29, 1.82) is 0 Å². The van der Waals surface area contributed by atoms with Crippen LogP contribution in [0.1, 0.15) is 17.0 Å². The van der Waals surface area contributed by atoms with E-state index in [1.165, 1.54) is 5.56 Å². The van der Waals surface area contributed by atoms with Crippen molar-refractivity contribution in [2.24, 2.45) is 0 Å². The lowest BCUT2D eigenvalue weighted by atomic mass is 9.80. The Bertz CT molecular complexity index is 771. The van der Waals surface area contributed by atoms with Gasteiger partial charge < -0.3 is 5.11 Å². The molecule has 0 saturated carbocycles. The number of benzene rings is 1. The zero-order valence-electron chi connectivity index (χ0n) is 12.9. The topological polar surface area (TPSA) is 49.2 Å². The van der Waals surface area contributed by atoms with E-state index in [0.717, 1.165) is 41.4 Å². The molecule has 3 aromatic rings. The molecular weight excluding hydrogens is 306 g/mol. The summed E-state index contributed by atoms with van der Waals surface area (Å²) in [5.41, 5.74) is 2.06. The van der Waals surface area contributed by atoms with Gasteiger partial charge in [-0.1, -0.05) is 41.7 Å². The van der Waals surface area contributed by atoms with Crippen molar-refractivity contribution in [2.45, 2.75) is 18.4 Å². The summed E-state index contributed by atoms with van der Waals surface area (Å²) in [4.78, 5) is 12.4. The molecule has 4 nitrogen and oxygen atoms in total. The molecule has 0 radical (unpaired) electrons. The number of nitrogens with zero attached hydrogens (tertiary/aromatic N) is 3. The number of hydrogen-bond acceptors (Lipinski definition) is 5. The second kappa shape index (κ2) is 6.00. The number of thiazole rings is 1. The standard InChI is InChI=1S/C18H19N3OS/c22-13-18(14-5-2-1-3-6-14)8-10-21(12-18)11-16-20-15-7-4-9-19-17(15)23-16/h1-7,9,22H,8,10-13H2. The Morgan fingerprint density at radius 1 is 1.17 bits per heavy atom. The van der Waals surface area contributed by atoms with Gasteiger partial charge >= 0.3 is 0 Å². The van der Waals surface area contributed by atoms with Crippen molar-refractivity contribution in [1.82, 2.24) is 14.9 Å². The molecule has 3 heterocycles. The Morgan fingerprint density at radius 2 is 2.04 bits per heavy atom. The molecule has 1 atom stereocenters. The average Bonchev–Trinajstić information content (AvgIpc) is 3.20. The molecule has 0 spiro atoms. The van der Waals surface area contributed by atoms with Crippen molar-refractivity contribution in [3.05, 3.63) is 59.2 Å². The van der Waals surface area contributed by atoms with Crippen LogP contribution in [-0.4, -0.2) is 39.7 Å². The van der Waals surface area contributed by atoms with Gasteiger partial charge in [0, 0.05) is 18.2 Å². The molecule has 0 aliphatic carbocycles. The third-order valence-electron chi connectivity index (χ3n) is 4.69. The first-order valence-electron chi connectivity index (χ1n) is 7.88. The van der Waals surface area contributed by atoms with E-state index in [1.807, 2.05) is 24.4 Å². The first-order valence-corrected chi connectivity index (χ1v) is 8.70. The molecule has 1 N–H and O–H groups in total. The van der Waals surface area contributed by atoms with E-state index in [2.05, 4.69) is 39.1 Å². The highest BCUT2D eigenvalue weighted by Crippen LogP contribution is 2.35. The van der Waals surface area contributed by atoms with Crippen LogP contribution in [0.5, 0.6) is 0 Å². The summed E-state index contributed by atoms with van der Waals surface area (Å²) < 4.78 is 0. The molecule has 23 heavy (non-hydrogen) atoms. The van der Waals surface area contributed by atoms with Gasteiger partial charge in [0.25, 0.3) is 0 Å². The normalized spacial score (nSPS) is 22.0. The van der Waals surface area contributed by atoms with Gasteiger partial charge in [0.15, 0.2) is 0 Å². The minimum atomic E-state index is -0.143. The number of aromatic nitrogens is 2. The quantitative estimate of drug-likeness (QED) is 0.801. The lowest BCUT2D eigenvalue weighted by Gasteiger charge is -2.27. The molecule has 1 saturated heterocycles. The molecule has 1 aliphatic heterocycles. The van der Waals surface area contributed by atoms with Crippen LogP contribution in [0.15, 0.2) is 48.7 Å². The van der Waals surface area contributed by atoms with E-state index in [9.17, 15) is 5.11 Å². The molecule has 1 fully saturated rings. The van der Waals surface area contributed by atoms with Crippen LogP contribution in [0.2, 0.25) is 0 Å². The van der Waals surface area contributed by atoms with E-state index < -0.39 is 0 Å². The number of aliphatic hydroxyl groups excluding tert-OH is 1. The van der Waals surface area contributed by atoms with Crippen molar-refractivity contribution in [2.75, 3.05) is 19.7 Å². The summed E-state index contributed by atoms with van der Waals surface area (Å²) in [7, 11) is 0. The van der Waals surface area contributed by atoms with Gasteiger partial charge in [0.05, 0.1) is 13.2 Å². The van der Waals surface area contributed by atoms with Gasteiger partial charge in [-0.05, 0) is 30.7 Å². The maximum atomic E-state index is 10.0. The Kier molecular flexibility index (Phi) is 3.85. The molecule has 0 bridgehead atoms. The van der Waals surface area contributed by atoms with Crippen LogP contribution in [0.4, 0.5) is 0 Å². The third-order valence-corrected chi connectivity index (χ3v) is 5.66. The van der Waals surface area contributed by atoms with Crippen molar-refractivity contribution in [3.63, 3.8) is 0 Å². The molecule has 4 rings (SSSR count). The van der Waals surface area contributed by atoms with Crippen LogP contribution in [0.25, 0.3) is 10.3 Å². The van der Waals surface area contributed by atoms with Gasteiger partial charge in [-0.3, -0.25) is 4.90 Å². The van der Waals surface area contributed by atoms with E-state index in [-0.39, 0.29) is 12.0 Å². The summed E-state index contributed by atoms with van der Waals surface area (Å²) in [5, 5.41) is 11.1. The van der Waals surface area contributed by atoms with Crippen LogP contribution < -0.4 is 0 Å².